The Morgan fingerprint density at radius 2 is 2.06 bits per heavy atom. The molecule has 0 aliphatic heterocycles. The lowest BCUT2D eigenvalue weighted by Crippen LogP contribution is -2.42. The number of unbranched alkanes of at least 4 members (excludes halogenated alkanes) is 1. The Kier molecular flexibility index (Phi) is 8.63. The molecule has 0 heterocycles. The topological polar surface area (TPSA) is 83.5 Å². The maximum absolute atomic E-state index is 11.6. The van der Waals surface area contributed by atoms with Crippen LogP contribution in [0.15, 0.2) is 0 Å². The van der Waals surface area contributed by atoms with Crippen LogP contribution >= 0.6 is 11.8 Å². The molecule has 0 aromatic rings. The van der Waals surface area contributed by atoms with Crippen LogP contribution in [0.25, 0.3) is 0 Å². The van der Waals surface area contributed by atoms with Gasteiger partial charge in [0.1, 0.15) is 6.04 Å². The van der Waals surface area contributed by atoms with Crippen molar-refractivity contribution in [3.05, 3.63) is 0 Å². The number of hydrogen-bond donors (Lipinski definition) is 2. The van der Waals surface area contributed by atoms with Crippen molar-refractivity contribution >= 4 is 27.8 Å². The molecule has 0 aliphatic rings. The lowest BCUT2D eigenvalue weighted by Gasteiger charge is -2.14. The summed E-state index contributed by atoms with van der Waals surface area (Å²) in [7, 11) is -3.47. The summed E-state index contributed by atoms with van der Waals surface area (Å²) >= 11 is 1.60. The normalized spacial score (nSPS) is 13.5. The second-order valence-electron chi connectivity index (χ2n) is 3.67. The molecule has 5 nitrogen and oxygen atoms in total. The first kappa shape index (κ1) is 16.7. The summed E-state index contributed by atoms with van der Waals surface area (Å²) in [5, 5.41) is 8.93. The van der Waals surface area contributed by atoms with Gasteiger partial charge in [-0.05, 0) is 24.3 Å². The minimum Gasteiger partial charge on any atom is -0.480 e. The summed E-state index contributed by atoms with van der Waals surface area (Å²) in [6.45, 7) is 3.87. The first-order chi connectivity index (χ1) is 7.93. The Balaban J connectivity index is 4.28. The van der Waals surface area contributed by atoms with Gasteiger partial charge < -0.3 is 5.11 Å². The van der Waals surface area contributed by atoms with E-state index in [1.54, 1.807) is 11.8 Å². The van der Waals surface area contributed by atoms with Gasteiger partial charge in [0.15, 0.2) is 0 Å². The molecular weight excluding hydrogens is 262 g/mol. The van der Waals surface area contributed by atoms with Crippen LogP contribution in [0.4, 0.5) is 0 Å². The van der Waals surface area contributed by atoms with Crippen LogP contribution in [0.3, 0.4) is 0 Å². The highest BCUT2D eigenvalue weighted by molar-refractivity contribution is 7.99. The average Bonchev–Trinajstić information content (AvgIpc) is 2.25. The van der Waals surface area contributed by atoms with Crippen LogP contribution in [0, 0.1) is 0 Å². The maximum atomic E-state index is 11.6. The van der Waals surface area contributed by atoms with Gasteiger partial charge in [0, 0.05) is 0 Å². The summed E-state index contributed by atoms with van der Waals surface area (Å²) < 4.78 is 25.4. The molecule has 0 rings (SSSR count). The van der Waals surface area contributed by atoms with Gasteiger partial charge in [-0.25, -0.2) is 13.1 Å². The minimum absolute atomic E-state index is 0.00575. The zero-order chi connectivity index (χ0) is 13.3. The summed E-state index contributed by atoms with van der Waals surface area (Å²) in [5.74, 6) is 0.425. The van der Waals surface area contributed by atoms with Crippen molar-refractivity contribution in [2.45, 2.75) is 39.2 Å². The van der Waals surface area contributed by atoms with E-state index < -0.39 is 22.0 Å². The van der Waals surface area contributed by atoms with E-state index in [0.29, 0.717) is 18.6 Å². The number of thioether (sulfide) groups is 1. The fourth-order valence-corrected chi connectivity index (χ4v) is 3.32. The zero-order valence-electron chi connectivity index (χ0n) is 10.3. The standard InChI is InChI=1S/C10H21NO4S2/c1-3-5-8-17(14,15)11-9(10(12)13)6-7-16-4-2/h9,11H,3-8H2,1-2H3,(H,12,13). The van der Waals surface area contributed by atoms with Crippen LogP contribution in [-0.4, -0.2) is 42.8 Å². The first-order valence-corrected chi connectivity index (χ1v) is 8.54. The predicted octanol–water partition coefficient (Wildman–Crippen LogP) is 1.30. The van der Waals surface area contributed by atoms with E-state index in [4.69, 9.17) is 5.11 Å². The summed E-state index contributed by atoms with van der Waals surface area (Å²) in [6.07, 6.45) is 1.63. The van der Waals surface area contributed by atoms with E-state index in [0.717, 1.165) is 12.2 Å². The number of nitrogens with one attached hydrogen (secondary N) is 1. The predicted molar refractivity (Wildman–Crippen MR) is 70.9 cm³/mol. The highest BCUT2D eigenvalue weighted by Crippen LogP contribution is 2.06. The van der Waals surface area contributed by atoms with Gasteiger partial charge in [0.25, 0.3) is 0 Å². The van der Waals surface area contributed by atoms with Crippen LogP contribution in [-0.2, 0) is 14.8 Å². The van der Waals surface area contributed by atoms with Gasteiger partial charge in [-0.2, -0.15) is 11.8 Å². The van der Waals surface area contributed by atoms with Crippen LogP contribution in [0.5, 0.6) is 0 Å². The molecule has 1 unspecified atom stereocenters. The molecule has 0 saturated heterocycles. The molecule has 7 heteroatoms. The van der Waals surface area contributed by atoms with Crippen molar-refractivity contribution in [3.8, 4) is 0 Å². The second-order valence-corrected chi connectivity index (χ2v) is 6.93. The van der Waals surface area contributed by atoms with Gasteiger partial charge >= 0.3 is 5.97 Å². The number of sulfonamides is 1. The molecule has 1 atom stereocenters. The lowest BCUT2D eigenvalue weighted by molar-refractivity contribution is -0.139. The average molecular weight is 283 g/mol. The molecule has 0 aromatic carbocycles. The Morgan fingerprint density at radius 1 is 1.41 bits per heavy atom. The largest absolute Gasteiger partial charge is 0.480 e. The number of rotatable bonds is 10. The van der Waals surface area contributed by atoms with Crippen molar-refractivity contribution in [1.82, 2.24) is 4.72 Å². The molecule has 0 amide bonds. The lowest BCUT2D eigenvalue weighted by atomic mass is 10.2. The van der Waals surface area contributed by atoms with Crippen LogP contribution < -0.4 is 4.72 Å². The van der Waals surface area contributed by atoms with E-state index in [2.05, 4.69) is 4.72 Å². The van der Waals surface area contributed by atoms with Gasteiger partial charge in [-0.3, -0.25) is 4.79 Å². The molecular formula is C10H21NO4S2. The third-order valence-corrected chi connectivity index (χ3v) is 4.54. The van der Waals surface area contributed by atoms with Crippen LogP contribution in [0.1, 0.15) is 33.1 Å². The quantitative estimate of drug-likeness (QED) is 0.590. The molecule has 0 saturated carbocycles. The molecule has 17 heavy (non-hydrogen) atoms. The molecule has 0 spiro atoms. The molecule has 0 aliphatic carbocycles. The monoisotopic (exact) mass is 283 g/mol. The summed E-state index contributed by atoms with van der Waals surface area (Å²) in [4.78, 5) is 10.9. The minimum atomic E-state index is -3.47. The van der Waals surface area contributed by atoms with E-state index in [1.165, 1.54) is 0 Å². The molecule has 102 valence electrons. The van der Waals surface area contributed by atoms with Crippen molar-refractivity contribution in [2.24, 2.45) is 0 Å². The number of hydrogen-bond acceptors (Lipinski definition) is 4. The summed E-state index contributed by atoms with van der Waals surface area (Å²) in [6, 6.07) is -1.00. The fraction of sp³-hybridized carbons (Fsp3) is 0.900. The van der Waals surface area contributed by atoms with Gasteiger partial charge in [-0.1, -0.05) is 20.3 Å². The number of aliphatic carboxylic acids is 1. The van der Waals surface area contributed by atoms with Crippen molar-refractivity contribution in [1.29, 1.82) is 0 Å². The maximum Gasteiger partial charge on any atom is 0.321 e. The van der Waals surface area contributed by atoms with Crippen molar-refractivity contribution in [2.75, 3.05) is 17.3 Å². The highest BCUT2D eigenvalue weighted by Gasteiger charge is 2.22. The third kappa shape index (κ3) is 8.45. The van der Waals surface area contributed by atoms with E-state index >= 15 is 0 Å². The van der Waals surface area contributed by atoms with Gasteiger partial charge in [0.05, 0.1) is 5.75 Å². The number of carbonyl (C=O) groups is 1. The fourth-order valence-electron chi connectivity index (χ4n) is 1.19. The first-order valence-electron chi connectivity index (χ1n) is 5.73. The summed E-state index contributed by atoms with van der Waals surface area (Å²) in [5.41, 5.74) is 0. The Bertz CT molecular complexity index is 316. The third-order valence-electron chi connectivity index (χ3n) is 2.14. The number of carboxylic acid groups (broad SMARTS) is 1. The molecule has 0 fully saturated rings. The molecule has 0 radical (unpaired) electrons. The van der Waals surface area contributed by atoms with Crippen molar-refractivity contribution < 1.29 is 18.3 Å². The Labute approximate surface area is 107 Å². The van der Waals surface area contributed by atoms with Gasteiger partial charge in [-0.15, -0.1) is 0 Å². The van der Waals surface area contributed by atoms with E-state index in [-0.39, 0.29) is 5.75 Å². The Hall–Kier alpha value is -0.270. The second kappa shape index (κ2) is 8.77. The molecule has 0 aromatic heterocycles. The SMILES string of the molecule is CCCCS(=O)(=O)NC(CCSCC)C(=O)O. The van der Waals surface area contributed by atoms with Crippen LogP contribution in [0.2, 0.25) is 0 Å². The highest BCUT2D eigenvalue weighted by atomic mass is 32.2. The van der Waals surface area contributed by atoms with Crippen molar-refractivity contribution in [3.63, 3.8) is 0 Å². The van der Waals surface area contributed by atoms with E-state index in [1.807, 2.05) is 13.8 Å². The Morgan fingerprint density at radius 3 is 2.53 bits per heavy atom. The smallest absolute Gasteiger partial charge is 0.321 e. The number of carboxylic acids is 1. The zero-order valence-corrected chi connectivity index (χ0v) is 11.9. The molecule has 2 N–H and O–H groups in total. The van der Waals surface area contributed by atoms with Gasteiger partial charge in [0.2, 0.25) is 10.0 Å². The molecule has 0 bridgehead atoms. The van der Waals surface area contributed by atoms with E-state index in [9.17, 15) is 13.2 Å².